The van der Waals surface area contributed by atoms with E-state index in [0.29, 0.717) is 11.8 Å². The lowest BCUT2D eigenvalue weighted by atomic mass is 9.75. The lowest BCUT2D eigenvalue weighted by Gasteiger charge is -2.31. The number of nitrogens with zero attached hydrogens (tertiary/aromatic N) is 1. The van der Waals surface area contributed by atoms with Gasteiger partial charge < -0.3 is 4.57 Å². The van der Waals surface area contributed by atoms with Crippen LogP contribution in [-0.4, -0.2) is 4.57 Å². The highest BCUT2D eigenvalue weighted by molar-refractivity contribution is 6.10. The standard InChI is InChI=1S/C37H37N/c1-3-25(2)31-23-24-33-32-17-7-8-18-34(32)38(37(33)36(31)28-15-10-16-28)30-21-19-29(20-22-30)35(27-13-9-14-27)26-11-5-4-6-12-26/h4-8,11-12,17-25,28H,3,9-10,13-16H2,1-2H3. The van der Waals surface area contributed by atoms with Gasteiger partial charge in [-0.25, -0.2) is 0 Å². The summed E-state index contributed by atoms with van der Waals surface area (Å²) in [5.74, 6) is 1.25. The van der Waals surface area contributed by atoms with Crippen LogP contribution in [0, 0.1) is 0 Å². The Morgan fingerprint density at radius 2 is 1.47 bits per heavy atom. The van der Waals surface area contributed by atoms with Gasteiger partial charge >= 0.3 is 0 Å². The van der Waals surface area contributed by atoms with E-state index in [0.717, 1.165) is 0 Å². The molecule has 0 bridgehead atoms. The Hall–Kier alpha value is -3.58. The first-order chi connectivity index (χ1) is 18.7. The first-order valence-electron chi connectivity index (χ1n) is 14.7. The van der Waals surface area contributed by atoms with Crippen molar-refractivity contribution in [3.05, 3.63) is 119 Å². The molecular weight excluding hydrogens is 458 g/mol. The summed E-state index contributed by atoms with van der Waals surface area (Å²) < 4.78 is 2.58. The van der Waals surface area contributed by atoms with E-state index in [2.05, 4.69) is 109 Å². The van der Waals surface area contributed by atoms with Crippen LogP contribution in [0.15, 0.2) is 96.6 Å². The molecule has 1 nitrogen and oxygen atoms in total. The van der Waals surface area contributed by atoms with E-state index in [1.54, 1.807) is 16.7 Å². The van der Waals surface area contributed by atoms with Crippen LogP contribution in [0.3, 0.4) is 0 Å². The largest absolute Gasteiger partial charge is 0.309 e. The molecule has 1 unspecified atom stereocenters. The minimum absolute atomic E-state index is 0.575. The van der Waals surface area contributed by atoms with E-state index in [1.165, 1.54) is 89.1 Å². The van der Waals surface area contributed by atoms with Crippen molar-refractivity contribution >= 4 is 27.4 Å². The highest BCUT2D eigenvalue weighted by atomic mass is 15.0. The molecule has 0 amide bonds. The van der Waals surface area contributed by atoms with Gasteiger partial charge in [0.25, 0.3) is 0 Å². The van der Waals surface area contributed by atoms with Crippen LogP contribution in [0.25, 0.3) is 33.1 Å². The van der Waals surface area contributed by atoms with Crippen molar-refractivity contribution < 1.29 is 0 Å². The molecule has 0 saturated heterocycles. The van der Waals surface area contributed by atoms with Gasteiger partial charge in [0.05, 0.1) is 11.0 Å². The maximum absolute atomic E-state index is 2.58. The smallest absolute Gasteiger partial charge is 0.0578 e. The number of hydrogen-bond donors (Lipinski definition) is 0. The highest BCUT2D eigenvalue weighted by Gasteiger charge is 2.29. The van der Waals surface area contributed by atoms with Crippen molar-refractivity contribution in [1.29, 1.82) is 0 Å². The van der Waals surface area contributed by atoms with Crippen molar-refractivity contribution in [2.75, 3.05) is 0 Å². The molecule has 1 aromatic heterocycles. The van der Waals surface area contributed by atoms with Gasteiger partial charge in [0.15, 0.2) is 0 Å². The van der Waals surface area contributed by atoms with Crippen molar-refractivity contribution in [2.45, 2.75) is 70.6 Å². The van der Waals surface area contributed by atoms with Crippen LogP contribution in [0.4, 0.5) is 0 Å². The average molecular weight is 496 g/mol. The molecule has 1 heteroatoms. The molecule has 5 aromatic rings. The Labute approximate surface area is 226 Å². The number of hydrogen-bond acceptors (Lipinski definition) is 0. The maximum atomic E-state index is 2.58. The average Bonchev–Trinajstić information content (AvgIpc) is 3.25. The molecule has 0 N–H and O–H groups in total. The van der Waals surface area contributed by atoms with Crippen molar-refractivity contribution in [2.24, 2.45) is 0 Å². The predicted molar refractivity (Wildman–Crippen MR) is 162 cm³/mol. The number of benzene rings is 4. The summed E-state index contributed by atoms with van der Waals surface area (Å²) in [5.41, 5.74) is 12.9. The van der Waals surface area contributed by atoms with Crippen LogP contribution in [-0.2, 0) is 0 Å². The first kappa shape index (κ1) is 23.5. The number of para-hydroxylation sites is 1. The lowest BCUT2D eigenvalue weighted by molar-refractivity contribution is 0.417. The van der Waals surface area contributed by atoms with Crippen molar-refractivity contribution in [3.63, 3.8) is 0 Å². The fraction of sp³-hybridized carbons (Fsp3) is 0.297. The third-order valence-corrected chi connectivity index (χ3v) is 9.35. The molecule has 4 aromatic carbocycles. The monoisotopic (exact) mass is 495 g/mol. The molecule has 0 radical (unpaired) electrons. The Balaban J connectivity index is 1.44. The minimum Gasteiger partial charge on any atom is -0.309 e. The van der Waals surface area contributed by atoms with E-state index in [-0.39, 0.29) is 0 Å². The maximum Gasteiger partial charge on any atom is 0.0578 e. The Morgan fingerprint density at radius 3 is 2.13 bits per heavy atom. The second-order valence-electron chi connectivity index (χ2n) is 11.5. The molecule has 1 heterocycles. The van der Waals surface area contributed by atoms with Gasteiger partial charge in [-0.05, 0) is 96.4 Å². The fourth-order valence-electron chi connectivity index (χ4n) is 6.70. The number of allylic oxidation sites excluding steroid dienone is 1. The molecule has 2 fully saturated rings. The molecular formula is C37H37N. The number of aromatic nitrogens is 1. The van der Waals surface area contributed by atoms with E-state index in [9.17, 15) is 0 Å². The van der Waals surface area contributed by atoms with Gasteiger partial charge in [-0.1, -0.05) is 98.6 Å². The molecule has 0 aliphatic heterocycles. The predicted octanol–water partition coefficient (Wildman–Crippen LogP) is 10.6. The molecule has 7 rings (SSSR count). The number of fused-ring (bicyclic) bond motifs is 3. The molecule has 2 aliphatic carbocycles. The van der Waals surface area contributed by atoms with E-state index >= 15 is 0 Å². The summed E-state index contributed by atoms with van der Waals surface area (Å²) >= 11 is 0. The second-order valence-corrected chi connectivity index (χ2v) is 11.5. The lowest BCUT2D eigenvalue weighted by Crippen LogP contribution is -2.14. The van der Waals surface area contributed by atoms with Crippen LogP contribution in [0.5, 0.6) is 0 Å². The summed E-state index contributed by atoms with van der Waals surface area (Å²) in [7, 11) is 0. The van der Waals surface area contributed by atoms with Crippen molar-refractivity contribution in [3.8, 4) is 5.69 Å². The van der Waals surface area contributed by atoms with Gasteiger partial charge in [-0.15, -0.1) is 0 Å². The topological polar surface area (TPSA) is 4.93 Å². The summed E-state index contributed by atoms with van der Waals surface area (Å²) in [6.07, 6.45) is 8.93. The quantitative estimate of drug-likeness (QED) is 0.221. The van der Waals surface area contributed by atoms with Crippen LogP contribution >= 0.6 is 0 Å². The first-order valence-corrected chi connectivity index (χ1v) is 14.7. The van der Waals surface area contributed by atoms with Crippen LogP contribution in [0.1, 0.15) is 92.9 Å². The summed E-state index contributed by atoms with van der Waals surface area (Å²) in [6, 6.07) is 34.3. The minimum atomic E-state index is 0.575. The van der Waals surface area contributed by atoms with Crippen molar-refractivity contribution in [1.82, 2.24) is 4.57 Å². The van der Waals surface area contributed by atoms with Gasteiger partial charge in [-0.2, -0.15) is 0 Å². The third kappa shape index (κ3) is 3.75. The summed E-state index contributed by atoms with van der Waals surface area (Å²) in [4.78, 5) is 0. The zero-order valence-electron chi connectivity index (χ0n) is 22.7. The SMILES string of the molecule is CCC(C)c1ccc2c3ccccc3n(-c3ccc(C(=C4CCC4)c4ccccc4)cc3)c2c1C1CCC1. The van der Waals surface area contributed by atoms with Crippen LogP contribution < -0.4 is 0 Å². The highest BCUT2D eigenvalue weighted by Crippen LogP contribution is 2.47. The zero-order valence-corrected chi connectivity index (χ0v) is 22.7. The van der Waals surface area contributed by atoms with Gasteiger partial charge in [0, 0.05) is 16.5 Å². The third-order valence-electron chi connectivity index (χ3n) is 9.35. The fourth-order valence-corrected chi connectivity index (χ4v) is 6.70. The van der Waals surface area contributed by atoms with E-state index in [4.69, 9.17) is 0 Å². The Kier molecular flexibility index (Phi) is 5.96. The zero-order chi connectivity index (χ0) is 25.6. The molecule has 2 aliphatic rings. The Morgan fingerprint density at radius 1 is 0.763 bits per heavy atom. The normalized spacial score (nSPS) is 16.4. The molecule has 190 valence electrons. The molecule has 2 saturated carbocycles. The van der Waals surface area contributed by atoms with E-state index < -0.39 is 0 Å². The Bertz CT molecular complexity index is 1640. The second kappa shape index (κ2) is 9.62. The van der Waals surface area contributed by atoms with Gasteiger partial charge in [-0.3, -0.25) is 0 Å². The van der Waals surface area contributed by atoms with E-state index in [1.807, 2.05) is 0 Å². The summed E-state index contributed by atoms with van der Waals surface area (Å²) in [6.45, 7) is 4.73. The summed E-state index contributed by atoms with van der Waals surface area (Å²) in [5, 5.41) is 2.77. The van der Waals surface area contributed by atoms with Crippen LogP contribution in [0.2, 0.25) is 0 Å². The molecule has 38 heavy (non-hydrogen) atoms. The molecule has 1 atom stereocenters. The van der Waals surface area contributed by atoms with Gasteiger partial charge in [0.1, 0.15) is 0 Å². The van der Waals surface area contributed by atoms with Gasteiger partial charge in [0.2, 0.25) is 0 Å². The molecule has 0 spiro atoms. The number of rotatable bonds is 6.